The normalized spacial score (nSPS) is 12.1. The minimum absolute atomic E-state index is 0.0507. The molecule has 170 valence electrons. The summed E-state index contributed by atoms with van der Waals surface area (Å²) in [6, 6.07) is 9.64. The van der Waals surface area contributed by atoms with Crippen LogP contribution >= 0.6 is 0 Å². The van der Waals surface area contributed by atoms with Gasteiger partial charge in [-0.05, 0) is 32.0 Å². The Hall–Kier alpha value is -3.88. The number of phenolic OH excluding ortho intramolecular Hbond substituents is 1. The zero-order valence-electron chi connectivity index (χ0n) is 17.7. The standard InChI is InChI=1S/C24H19F4N3O2/c1-3-33-24-19(27)17(25)16(18(26)20(24)28)22(31-15-8-4-6-12(2)30-15)14-10-9-13-7-5-11-29-21(13)23(14)32/h4-11,22,32H,3H2,1-2H3,(H,30,31). The number of benzene rings is 2. The van der Waals surface area contributed by atoms with Crippen molar-refractivity contribution in [3.63, 3.8) is 0 Å². The lowest BCUT2D eigenvalue weighted by Gasteiger charge is -2.24. The Kier molecular flexibility index (Phi) is 6.04. The molecule has 2 aromatic carbocycles. The molecule has 0 amide bonds. The van der Waals surface area contributed by atoms with E-state index in [1.54, 1.807) is 37.3 Å². The summed E-state index contributed by atoms with van der Waals surface area (Å²) in [4.78, 5) is 8.35. The second-order valence-corrected chi connectivity index (χ2v) is 7.25. The second kappa shape index (κ2) is 8.93. The largest absolute Gasteiger partial charge is 0.505 e. The molecule has 0 spiro atoms. The number of pyridine rings is 2. The molecule has 0 bridgehead atoms. The number of anilines is 1. The molecular formula is C24H19F4N3O2. The minimum Gasteiger partial charge on any atom is -0.505 e. The number of hydrogen-bond acceptors (Lipinski definition) is 5. The molecule has 2 N–H and O–H groups in total. The van der Waals surface area contributed by atoms with Gasteiger partial charge < -0.3 is 15.2 Å². The maximum atomic E-state index is 15.2. The van der Waals surface area contributed by atoms with Gasteiger partial charge in [-0.1, -0.05) is 24.3 Å². The Balaban J connectivity index is 1.98. The van der Waals surface area contributed by atoms with E-state index in [1.807, 2.05) is 0 Å². The van der Waals surface area contributed by atoms with Crippen molar-refractivity contribution in [1.82, 2.24) is 9.97 Å². The number of nitrogens with one attached hydrogen (secondary N) is 1. The lowest BCUT2D eigenvalue weighted by molar-refractivity contribution is 0.284. The van der Waals surface area contributed by atoms with Crippen LogP contribution in [0.1, 0.15) is 29.8 Å². The van der Waals surface area contributed by atoms with Gasteiger partial charge in [-0.3, -0.25) is 4.98 Å². The maximum Gasteiger partial charge on any atom is 0.204 e. The van der Waals surface area contributed by atoms with Gasteiger partial charge in [-0.2, -0.15) is 8.78 Å². The fourth-order valence-corrected chi connectivity index (χ4v) is 3.61. The van der Waals surface area contributed by atoms with Crippen LogP contribution in [0.4, 0.5) is 23.4 Å². The molecule has 4 rings (SSSR count). The highest BCUT2D eigenvalue weighted by Crippen LogP contribution is 2.41. The zero-order valence-corrected chi connectivity index (χ0v) is 17.7. The molecule has 0 fully saturated rings. The summed E-state index contributed by atoms with van der Waals surface area (Å²) < 4.78 is 64.5. The molecule has 1 atom stereocenters. The van der Waals surface area contributed by atoms with Gasteiger partial charge in [-0.15, -0.1) is 0 Å². The van der Waals surface area contributed by atoms with Crippen molar-refractivity contribution in [2.24, 2.45) is 0 Å². The first-order valence-electron chi connectivity index (χ1n) is 10.1. The second-order valence-electron chi connectivity index (χ2n) is 7.25. The van der Waals surface area contributed by atoms with Gasteiger partial charge in [0.1, 0.15) is 17.1 Å². The molecule has 0 radical (unpaired) electrons. The lowest BCUT2D eigenvalue weighted by atomic mass is 9.94. The van der Waals surface area contributed by atoms with Crippen LogP contribution in [0, 0.1) is 30.2 Å². The molecule has 5 nitrogen and oxygen atoms in total. The number of rotatable bonds is 6. The zero-order chi connectivity index (χ0) is 23.7. The number of phenols is 1. The fourth-order valence-electron chi connectivity index (χ4n) is 3.61. The third kappa shape index (κ3) is 4.02. The highest BCUT2D eigenvalue weighted by atomic mass is 19.2. The highest BCUT2D eigenvalue weighted by molar-refractivity contribution is 5.86. The van der Waals surface area contributed by atoms with Crippen LogP contribution < -0.4 is 10.1 Å². The van der Waals surface area contributed by atoms with E-state index in [4.69, 9.17) is 4.74 Å². The Morgan fingerprint density at radius 1 is 0.970 bits per heavy atom. The first kappa shape index (κ1) is 22.3. The Bertz CT molecular complexity index is 1320. The molecule has 0 aliphatic heterocycles. The van der Waals surface area contributed by atoms with Crippen molar-refractivity contribution in [3.05, 3.63) is 88.8 Å². The Labute approximate surface area is 186 Å². The quantitative estimate of drug-likeness (QED) is 0.283. The van der Waals surface area contributed by atoms with E-state index < -0.39 is 46.4 Å². The third-order valence-electron chi connectivity index (χ3n) is 5.11. The summed E-state index contributed by atoms with van der Waals surface area (Å²) in [5.41, 5.74) is -0.271. The summed E-state index contributed by atoms with van der Waals surface area (Å²) in [6.45, 7) is 2.93. The van der Waals surface area contributed by atoms with Crippen LogP contribution in [-0.2, 0) is 0 Å². The lowest BCUT2D eigenvalue weighted by Crippen LogP contribution is -2.19. The van der Waals surface area contributed by atoms with Gasteiger partial charge in [0.15, 0.2) is 17.4 Å². The van der Waals surface area contributed by atoms with Crippen molar-refractivity contribution >= 4 is 16.7 Å². The average molecular weight is 457 g/mol. The summed E-state index contributed by atoms with van der Waals surface area (Å²) >= 11 is 0. The molecule has 33 heavy (non-hydrogen) atoms. The number of fused-ring (bicyclic) bond motifs is 1. The van der Waals surface area contributed by atoms with Gasteiger partial charge in [0.05, 0.1) is 18.2 Å². The average Bonchev–Trinajstić information content (AvgIpc) is 2.81. The van der Waals surface area contributed by atoms with Crippen molar-refractivity contribution in [1.29, 1.82) is 0 Å². The summed E-state index contributed by atoms with van der Waals surface area (Å²) in [6.07, 6.45) is 1.44. The number of aryl methyl sites for hydroxylation is 1. The molecule has 9 heteroatoms. The number of aromatic hydroxyl groups is 1. The van der Waals surface area contributed by atoms with E-state index in [9.17, 15) is 13.9 Å². The monoisotopic (exact) mass is 457 g/mol. The van der Waals surface area contributed by atoms with Crippen molar-refractivity contribution in [3.8, 4) is 11.5 Å². The van der Waals surface area contributed by atoms with Gasteiger partial charge in [-0.25, -0.2) is 13.8 Å². The molecule has 0 saturated carbocycles. The minimum atomic E-state index is -1.67. The van der Waals surface area contributed by atoms with Gasteiger partial charge in [0, 0.05) is 22.8 Å². The Morgan fingerprint density at radius 2 is 1.70 bits per heavy atom. The van der Waals surface area contributed by atoms with Crippen LogP contribution in [-0.4, -0.2) is 21.7 Å². The molecular weight excluding hydrogens is 438 g/mol. The molecule has 2 heterocycles. The SMILES string of the molecule is CCOc1c(F)c(F)c(C(Nc2cccc(C)n2)c2ccc3cccnc3c2O)c(F)c1F. The van der Waals surface area contributed by atoms with E-state index in [0.29, 0.717) is 11.1 Å². The summed E-state index contributed by atoms with van der Waals surface area (Å²) in [5.74, 6) is -8.01. The first-order valence-corrected chi connectivity index (χ1v) is 10.1. The predicted molar refractivity (Wildman–Crippen MR) is 115 cm³/mol. The number of halogens is 4. The molecule has 0 saturated heterocycles. The first-order chi connectivity index (χ1) is 15.8. The summed E-state index contributed by atoms with van der Waals surface area (Å²) in [7, 11) is 0. The smallest absolute Gasteiger partial charge is 0.204 e. The van der Waals surface area contributed by atoms with Gasteiger partial charge >= 0.3 is 0 Å². The van der Waals surface area contributed by atoms with E-state index in [-0.39, 0.29) is 23.5 Å². The maximum absolute atomic E-state index is 15.2. The predicted octanol–water partition coefficient (Wildman–Crippen LogP) is 5.80. The molecule has 1 unspecified atom stereocenters. The van der Waals surface area contributed by atoms with E-state index in [1.165, 1.54) is 25.3 Å². The van der Waals surface area contributed by atoms with E-state index in [0.717, 1.165) is 0 Å². The third-order valence-corrected chi connectivity index (χ3v) is 5.11. The van der Waals surface area contributed by atoms with Crippen LogP contribution in [0.15, 0.2) is 48.7 Å². The van der Waals surface area contributed by atoms with Crippen LogP contribution in [0.3, 0.4) is 0 Å². The van der Waals surface area contributed by atoms with E-state index in [2.05, 4.69) is 15.3 Å². The molecule has 0 aliphatic carbocycles. The van der Waals surface area contributed by atoms with Gasteiger partial charge in [0.2, 0.25) is 11.6 Å². The van der Waals surface area contributed by atoms with Crippen LogP contribution in [0.2, 0.25) is 0 Å². The summed E-state index contributed by atoms with van der Waals surface area (Å²) in [5, 5.41) is 14.3. The van der Waals surface area contributed by atoms with Crippen LogP contribution in [0.25, 0.3) is 10.9 Å². The number of ether oxygens (including phenoxy) is 1. The molecule has 0 aliphatic rings. The molecule has 4 aromatic rings. The number of aromatic nitrogens is 2. The number of nitrogens with zero attached hydrogens (tertiary/aromatic N) is 2. The highest BCUT2D eigenvalue weighted by Gasteiger charge is 2.33. The van der Waals surface area contributed by atoms with Crippen LogP contribution in [0.5, 0.6) is 11.5 Å². The van der Waals surface area contributed by atoms with Crippen molar-refractivity contribution in [2.75, 3.05) is 11.9 Å². The fraction of sp³-hybridized carbons (Fsp3) is 0.167. The topological polar surface area (TPSA) is 67.3 Å². The Morgan fingerprint density at radius 3 is 2.36 bits per heavy atom. The van der Waals surface area contributed by atoms with Gasteiger partial charge in [0.25, 0.3) is 0 Å². The van der Waals surface area contributed by atoms with Crippen molar-refractivity contribution < 1.29 is 27.4 Å². The molecule has 2 aromatic heterocycles. The number of hydrogen-bond donors (Lipinski definition) is 2. The van der Waals surface area contributed by atoms with E-state index >= 15 is 8.78 Å². The van der Waals surface area contributed by atoms with Crippen molar-refractivity contribution in [2.45, 2.75) is 19.9 Å².